The lowest BCUT2D eigenvalue weighted by molar-refractivity contribution is -0.113. The number of rotatable bonds is 3. The first-order valence-corrected chi connectivity index (χ1v) is 9.24. The lowest BCUT2D eigenvalue weighted by Crippen LogP contribution is -2.15. The third kappa shape index (κ3) is 3.80. The predicted octanol–water partition coefficient (Wildman–Crippen LogP) is 4.75. The van der Waals surface area contributed by atoms with Crippen LogP contribution in [0.2, 0.25) is 5.02 Å². The second kappa shape index (κ2) is 7.74. The van der Waals surface area contributed by atoms with Gasteiger partial charge < -0.3 is 4.57 Å². The molecule has 0 fully saturated rings. The van der Waals surface area contributed by atoms with Crippen molar-refractivity contribution in [1.29, 1.82) is 0 Å². The largest absolute Gasteiger partial charge is 0.305 e. The fourth-order valence-electron chi connectivity index (χ4n) is 2.74. The minimum Gasteiger partial charge on any atom is -0.305 e. The summed E-state index contributed by atoms with van der Waals surface area (Å²) in [4.78, 5) is 17.2. The Bertz CT molecular complexity index is 1130. The average Bonchev–Trinajstić information content (AvgIpc) is 2.92. The summed E-state index contributed by atoms with van der Waals surface area (Å²) >= 11 is 7.57. The number of carbonyl (C=O) groups is 1. The molecule has 0 spiro atoms. The van der Waals surface area contributed by atoms with Crippen LogP contribution in [0, 0.1) is 26.2 Å². The summed E-state index contributed by atoms with van der Waals surface area (Å²) in [5.41, 5.74) is 4.08. The predicted molar refractivity (Wildman–Crippen MR) is 109 cm³/mol. The van der Waals surface area contributed by atoms with Crippen molar-refractivity contribution in [2.24, 2.45) is 4.99 Å². The van der Waals surface area contributed by atoms with E-state index in [-0.39, 0.29) is 5.91 Å². The summed E-state index contributed by atoms with van der Waals surface area (Å²) in [5, 5.41) is 0.590. The molecule has 0 bridgehead atoms. The van der Waals surface area contributed by atoms with Gasteiger partial charge in [-0.3, -0.25) is 4.79 Å². The number of carbonyl (C=O) groups excluding carboxylic acids is 1. The Morgan fingerprint density at radius 1 is 1.35 bits per heavy atom. The minimum atomic E-state index is -0.350. The molecular weight excluding hydrogens is 364 g/mol. The summed E-state index contributed by atoms with van der Waals surface area (Å²) in [6.07, 6.45) is 8.61. The maximum atomic E-state index is 12.3. The van der Waals surface area contributed by atoms with Crippen LogP contribution in [0.5, 0.6) is 0 Å². The zero-order valence-corrected chi connectivity index (χ0v) is 16.1. The number of hydrogen-bond donors (Lipinski definition) is 0. The van der Waals surface area contributed by atoms with Gasteiger partial charge in [-0.05, 0) is 48.7 Å². The van der Waals surface area contributed by atoms with E-state index in [1.54, 1.807) is 12.1 Å². The van der Waals surface area contributed by atoms with Crippen LogP contribution in [-0.2, 0) is 11.3 Å². The van der Waals surface area contributed by atoms with E-state index in [0.717, 1.165) is 26.9 Å². The first-order valence-electron chi connectivity index (χ1n) is 8.05. The second-order valence-electron chi connectivity index (χ2n) is 5.91. The van der Waals surface area contributed by atoms with Crippen LogP contribution in [0.25, 0.3) is 16.3 Å². The van der Waals surface area contributed by atoms with Gasteiger partial charge in [-0.2, -0.15) is 4.99 Å². The number of fused-ring (bicyclic) bond motifs is 1. The number of aryl methyl sites for hydroxylation is 2. The van der Waals surface area contributed by atoms with Gasteiger partial charge in [0.25, 0.3) is 5.91 Å². The first kappa shape index (κ1) is 18.2. The molecule has 2 aromatic carbocycles. The van der Waals surface area contributed by atoms with Gasteiger partial charge in [0.15, 0.2) is 4.80 Å². The average molecular weight is 381 g/mol. The molecule has 0 aliphatic carbocycles. The van der Waals surface area contributed by atoms with Crippen LogP contribution < -0.4 is 4.80 Å². The Labute approximate surface area is 161 Å². The molecule has 0 saturated heterocycles. The first-order chi connectivity index (χ1) is 12.5. The lowest BCUT2D eigenvalue weighted by Gasteiger charge is -2.02. The zero-order chi connectivity index (χ0) is 18.7. The van der Waals surface area contributed by atoms with E-state index in [0.29, 0.717) is 16.4 Å². The van der Waals surface area contributed by atoms with Crippen molar-refractivity contribution < 1.29 is 4.79 Å². The molecule has 1 heterocycles. The molecular formula is C21H17ClN2OS. The maximum Gasteiger partial charge on any atom is 0.272 e. The number of halogens is 1. The van der Waals surface area contributed by atoms with Crippen LogP contribution in [-0.4, -0.2) is 10.5 Å². The Morgan fingerprint density at radius 2 is 2.12 bits per heavy atom. The Balaban J connectivity index is 2.05. The van der Waals surface area contributed by atoms with Crippen molar-refractivity contribution in [3.63, 3.8) is 0 Å². The van der Waals surface area contributed by atoms with Crippen molar-refractivity contribution >= 4 is 45.1 Å². The highest BCUT2D eigenvalue weighted by molar-refractivity contribution is 7.16. The smallest absolute Gasteiger partial charge is 0.272 e. The molecule has 3 nitrogen and oxygen atoms in total. The lowest BCUT2D eigenvalue weighted by atomic mass is 10.1. The fraction of sp³-hybridized carbons (Fsp3) is 0.143. The van der Waals surface area contributed by atoms with E-state index in [4.69, 9.17) is 18.0 Å². The fourth-order valence-corrected chi connectivity index (χ4v) is 4.03. The van der Waals surface area contributed by atoms with Crippen LogP contribution >= 0.6 is 22.9 Å². The topological polar surface area (TPSA) is 34.4 Å². The standard InChI is InChI=1S/C21H17ClN2OS/c1-4-11-24-18-13-14(2)12-15(3)20(18)26-21(24)23-19(25)10-9-16-7-5-6-8-17(16)22/h1,5-10,12-13H,11H2,2-3H3/b10-9+,23-21?. The Hall–Kier alpha value is -2.61. The highest BCUT2D eigenvalue weighted by Gasteiger charge is 2.09. The van der Waals surface area contributed by atoms with Crippen LogP contribution in [0.4, 0.5) is 0 Å². The molecule has 0 radical (unpaired) electrons. The van der Waals surface area contributed by atoms with E-state index in [1.807, 2.05) is 29.7 Å². The third-order valence-corrected chi connectivity index (χ3v) is 5.45. The SMILES string of the molecule is C#CCn1c(=NC(=O)/C=C/c2ccccc2Cl)sc2c(C)cc(C)cc21. The highest BCUT2D eigenvalue weighted by Crippen LogP contribution is 2.23. The molecule has 0 atom stereocenters. The molecule has 3 aromatic rings. The third-order valence-electron chi connectivity index (χ3n) is 3.88. The quantitative estimate of drug-likeness (QED) is 0.477. The van der Waals surface area contributed by atoms with Crippen LogP contribution in [0.15, 0.2) is 47.5 Å². The van der Waals surface area contributed by atoms with Gasteiger partial charge in [0.2, 0.25) is 0 Å². The van der Waals surface area contributed by atoms with Crippen molar-refractivity contribution in [1.82, 2.24) is 4.57 Å². The van der Waals surface area contributed by atoms with E-state index < -0.39 is 0 Å². The number of nitrogens with zero attached hydrogens (tertiary/aromatic N) is 2. The molecule has 5 heteroatoms. The molecule has 0 saturated carbocycles. The number of terminal acetylenes is 1. The van der Waals surface area contributed by atoms with E-state index >= 15 is 0 Å². The zero-order valence-electron chi connectivity index (χ0n) is 14.5. The van der Waals surface area contributed by atoms with Crippen molar-refractivity contribution in [3.8, 4) is 12.3 Å². The van der Waals surface area contributed by atoms with Gasteiger partial charge >= 0.3 is 0 Å². The molecule has 3 rings (SSSR count). The molecule has 0 N–H and O–H groups in total. The minimum absolute atomic E-state index is 0.350. The maximum absolute atomic E-state index is 12.3. The van der Waals surface area contributed by atoms with E-state index in [2.05, 4.69) is 30.0 Å². The summed E-state index contributed by atoms with van der Waals surface area (Å²) in [7, 11) is 0. The van der Waals surface area contributed by atoms with Crippen molar-refractivity contribution in [3.05, 3.63) is 69.0 Å². The molecule has 130 valence electrons. The van der Waals surface area contributed by atoms with Gasteiger partial charge in [-0.25, -0.2) is 0 Å². The number of hydrogen-bond acceptors (Lipinski definition) is 2. The summed E-state index contributed by atoms with van der Waals surface area (Å²) < 4.78 is 2.99. The van der Waals surface area contributed by atoms with Crippen LogP contribution in [0.3, 0.4) is 0 Å². The monoisotopic (exact) mass is 380 g/mol. The van der Waals surface area contributed by atoms with Gasteiger partial charge in [-0.1, -0.05) is 53.1 Å². The molecule has 1 aromatic heterocycles. The number of amides is 1. The summed E-state index contributed by atoms with van der Waals surface area (Å²) in [6.45, 7) is 4.46. The molecule has 0 aliphatic heterocycles. The number of benzene rings is 2. The van der Waals surface area contributed by atoms with Crippen molar-refractivity contribution in [2.45, 2.75) is 20.4 Å². The Kier molecular flexibility index (Phi) is 5.41. The second-order valence-corrected chi connectivity index (χ2v) is 7.29. The summed E-state index contributed by atoms with van der Waals surface area (Å²) in [6, 6.07) is 11.5. The van der Waals surface area contributed by atoms with Crippen molar-refractivity contribution in [2.75, 3.05) is 0 Å². The van der Waals surface area contributed by atoms with Gasteiger partial charge in [0.1, 0.15) is 0 Å². The summed E-state index contributed by atoms with van der Waals surface area (Å²) in [5.74, 6) is 2.29. The molecule has 1 amide bonds. The van der Waals surface area contributed by atoms with E-state index in [9.17, 15) is 4.79 Å². The normalized spacial score (nSPS) is 12.0. The van der Waals surface area contributed by atoms with Crippen LogP contribution in [0.1, 0.15) is 16.7 Å². The highest BCUT2D eigenvalue weighted by atomic mass is 35.5. The van der Waals surface area contributed by atoms with Gasteiger partial charge in [0.05, 0.1) is 16.8 Å². The molecule has 0 aliphatic rings. The Morgan fingerprint density at radius 3 is 2.85 bits per heavy atom. The molecule has 26 heavy (non-hydrogen) atoms. The molecule has 0 unspecified atom stereocenters. The van der Waals surface area contributed by atoms with Gasteiger partial charge in [0, 0.05) is 11.1 Å². The van der Waals surface area contributed by atoms with Gasteiger partial charge in [-0.15, -0.1) is 6.42 Å². The van der Waals surface area contributed by atoms with E-state index in [1.165, 1.54) is 17.4 Å². The number of thiazole rings is 1. The number of aromatic nitrogens is 1.